The Labute approximate surface area is 203 Å². The third-order valence-corrected chi connectivity index (χ3v) is 5.71. The van der Waals surface area contributed by atoms with E-state index >= 15 is 0 Å². The molecule has 0 fully saturated rings. The van der Waals surface area contributed by atoms with E-state index in [0.717, 1.165) is 0 Å². The van der Waals surface area contributed by atoms with E-state index in [1.807, 2.05) is 36.4 Å². The van der Waals surface area contributed by atoms with Gasteiger partial charge in [0.25, 0.3) is 0 Å². The number of hydrogen-bond donors (Lipinski definition) is 0. The van der Waals surface area contributed by atoms with Crippen molar-refractivity contribution < 1.29 is 0 Å². The summed E-state index contributed by atoms with van der Waals surface area (Å²) in [5, 5.41) is 58.4. The third-order valence-electron chi connectivity index (χ3n) is 4.87. The Bertz CT molecular complexity index is 1420. The van der Waals surface area contributed by atoms with E-state index < -0.39 is 0 Å². The molecule has 0 aliphatic carbocycles. The number of hydrogen-bond acceptors (Lipinski definition) is 6. The van der Waals surface area contributed by atoms with Crippen molar-refractivity contribution in [1.29, 1.82) is 31.6 Å². The van der Waals surface area contributed by atoms with E-state index in [1.54, 1.807) is 19.1 Å². The van der Waals surface area contributed by atoms with Crippen molar-refractivity contribution in [3.63, 3.8) is 0 Å². The summed E-state index contributed by atoms with van der Waals surface area (Å²) in [5.41, 5.74) is 1.45. The highest BCUT2D eigenvalue weighted by atomic mass is 79.9. The van der Waals surface area contributed by atoms with Gasteiger partial charge in [-0.05, 0) is 42.8 Å². The third kappa shape index (κ3) is 3.88. The molecule has 3 rings (SSSR count). The van der Waals surface area contributed by atoms with Crippen LogP contribution in [0.4, 0.5) is 0 Å². The zero-order valence-corrected chi connectivity index (χ0v) is 19.2. The largest absolute Gasteiger partial charge is 0.192 e. The van der Waals surface area contributed by atoms with E-state index in [9.17, 15) is 31.6 Å². The lowest BCUT2D eigenvalue weighted by Crippen LogP contribution is -2.01. The van der Waals surface area contributed by atoms with Crippen LogP contribution in [0.25, 0.3) is 22.3 Å². The second kappa shape index (κ2) is 9.25. The molecule has 0 heterocycles. The van der Waals surface area contributed by atoms with E-state index in [0.29, 0.717) is 10.0 Å². The number of halogens is 2. The van der Waals surface area contributed by atoms with Crippen molar-refractivity contribution in [2.45, 2.75) is 6.92 Å². The molecule has 152 valence electrons. The van der Waals surface area contributed by atoms with Gasteiger partial charge in [0.05, 0.1) is 74.8 Å². The van der Waals surface area contributed by atoms with Gasteiger partial charge in [-0.25, -0.2) is 0 Å². The van der Waals surface area contributed by atoms with E-state index in [1.165, 1.54) is 18.2 Å². The lowest BCUT2D eigenvalue weighted by molar-refractivity contribution is 1.37. The minimum absolute atomic E-state index is 0.0220. The topological polar surface area (TPSA) is 143 Å². The van der Waals surface area contributed by atoms with Gasteiger partial charge in [0, 0.05) is 26.7 Å². The summed E-state index contributed by atoms with van der Waals surface area (Å²) in [5.74, 6) is 0. The quantitative estimate of drug-likeness (QED) is 0.417. The van der Waals surface area contributed by atoms with E-state index in [-0.39, 0.29) is 60.7 Å². The van der Waals surface area contributed by atoms with Gasteiger partial charge in [-0.2, -0.15) is 31.6 Å². The highest BCUT2D eigenvalue weighted by Gasteiger charge is 2.26. The highest BCUT2D eigenvalue weighted by Crippen LogP contribution is 2.45. The molecule has 3 aromatic carbocycles. The van der Waals surface area contributed by atoms with Gasteiger partial charge in [-0.15, -0.1) is 0 Å². The molecular weight excluding hydrogens is 500 g/mol. The van der Waals surface area contributed by atoms with Crippen LogP contribution in [0.5, 0.6) is 0 Å². The zero-order chi connectivity index (χ0) is 24.3. The maximum Gasteiger partial charge on any atom is 0.0999 e. The standard InChI is InChI=1S/C25H8BrClN6/c1-13-2-14(7-28)21(15(3-13)8-29)23-16(9-30)4-17(10-31)24(25(23)27)22-18(11-32)5-20(26)6-19(22)12-33/h2-6H,1H3. The Balaban J connectivity index is 2.64. The number of rotatable bonds is 2. The highest BCUT2D eigenvalue weighted by molar-refractivity contribution is 9.10. The van der Waals surface area contributed by atoms with Gasteiger partial charge >= 0.3 is 0 Å². The lowest BCUT2D eigenvalue weighted by Gasteiger charge is -2.18. The molecule has 0 atom stereocenters. The predicted octanol–water partition coefficient (Wildman–Crippen LogP) is 5.98. The molecule has 33 heavy (non-hydrogen) atoms. The van der Waals surface area contributed by atoms with Crippen molar-refractivity contribution in [2.24, 2.45) is 0 Å². The second-order valence-electron chi connectivity index (χ2n) is 6.82. The molecule has 0 saturated carbocycles. The molecule has 0 spiro atoms. The Morgan fingerprint density at radius 3 is 1.18 bits per heavy atom. The molecule has 0 aliphatic heterocycles. The predicted molar refractivity (Wildman–Crippen MR) is 123 cm³/mol. The van der Waals surface area contributed by atoms with Crippen LogP contribution in [0.15, 0.2) is 34.8 Å². The van der Waals surface area contributed by atoms with Crippen LogP contribution in [0, 0.1) is 74.9 Å². The molecule has 6 nitrogen and oxygen atoms in total. The van der Waals surface area contributed by atoms with Crippen LogP contribution in [-0.4, -0.2) is 0 Å². The smallest absolute Gasteiger partial charge is 0.0999 e. The van der Waals surface area contributed by atoms with Crippen molar-refractivity contribution >= 4 is 27.5 Å². The zero-order valence-electron chi connectivity index (χ0n) is 16.8. The number of nitriles is 6. The van der Waals surface area contributed by atoms with Gasteiger partial charge in [0.2, 0.25) is 0 Å². The van der Waals surface area contributed by atoms with Crippen LogP contribution in [0.2, 0.25) is 5.02 Å². The first kappa shape index (κ1) is 23.0. The first-order valence-corrected chi connectivity index (χ1v) is 10.3. The van der Waals surface area contributed by atoms with Gasteiger partial charge in [0.1, 0.15) is 0 Å². The van der Waals surface area contributed by atoms with Crippen molar-refractivity contribution in [3.05, 3.63) is 78.8 Å². The molecule has 0 aliphatic rings. The maximum absolute atomic E-state index is 9.81. The summed E-state index contributed by atoms with van der Waals surface area (Å²) in [6.07, 6.45) is 0. The molecule has 0 N–H and O–H groups in total. The first-order chi connectivity index (χ1) is 15.8. The fraction of sp³-hybridized carbons (Fsp3) is 0.0400. The van der Waals surface area contributed by atoms with Crippen LogP contribution in [0.1, 0.15) is 38.9 Å². The van der Waals surface area contributed by atoms with Crippen LogP contribution in [-0.2, 0) is 0 Å². The summed E-state index contributed by atoms with van der Waals surface area (Å²) in [4.78, 5) is 0. The van der Waals surface area contributed by atoms with Crippen molar-refractivity contribution in [1.82, 2.24) is 0 Å². The van der Waals surface area contributed by atoms with Crippen LogP contribution < -0.4 is 0 Å². The maximum atomic E-state index is 9.81. The van der Waals surface area contributed by atoms with Crippen LogP contribution >= 0.6 is 27.5 Å². The fourth-order valence-corrected chi connectivity index (χ4v) is 4.45. The van der Waals surface area contributed by atoms with Crippen LogP contribution in [0.3, 0.4) is 0 Å². The Morgan fingerprint density at radius 1 is 0.545 bits per heavy atom. The van der Waals surface area contributed by atoms with Crippen molar-refractivity contribution in [2.75, 3.05) is 0 Å². The lowest BCUT2D eigenvalue weighted by atomic mass is 9.84. The number of aryl methyl sites for hydroxylation is 1. The summed E-state index contributed by atoms with van der Waals surface area (Å²) in [6.45, 7) is 1.72. The monoisotopic (exact) mass is 506 g/mol. The summed E-state index contributed by atoms with van der Waals surface area (Å²) in [7, 11) is 0. The van der Waals surface area contributed by atoms with E-state index in [4.69, 9.17) is 11.6 Å². The summed E-state index contributed by atoms with van der Waals surface area (Å²) in [6, 6.07) is 19.4. The SMILES string of the molecule is Cc1cc(C#N)c(-c2c(C#N)cc(C#N)c(-c3c(C#N)cc(Br)cc3C#N)c2Cl)c(C#N)c1. The average molecular weight is 508 g/mol. The Hall–Kier alpha value is -4.63. The van der Waals surface area contributed by atoms with Gasteiger partial charge in [-0.3, -0.25) is 0 Å². The molecule has 8 heteroatoms. The molecule has 0 bridgehead atoms. The molecule has 0 aromatic heterocycles. The molecule has 3 aromatic rings. The second-order valence-corrected chi connectivity index (χ2v) is 8.11. The molecule has 0 radical (unpaired) electrons. The van der Waals surface area contributed by atoms with Gasteiger partial charge < -0.3 is 0 Å². The number of benzene rings is 3. The normalized spacial score (nSPS) is 9.48. The summed E-state index contributed by atoms with van der Waals surface area (Å²) < 4.78 is 0.486. The Kier molecular flexibility index (Phi) is 6.46. The molecule has 0 saturated heterocycles. The minimum atomic E-state index is -0.113. The van der Waals surface area contributed by atoms with E-state index in [2.05, 4.69) is 15.9 Å². The average Bonchev–Trinajstić information content (AvgIpc) is 2.82. The Morgan fingerprint density at radius 2 is 0.848 bits per heavy atom. The van der Waals surface area contributed by atoms with Gasteiger partial charge in [0.15, 0.2) is 0 Å². The first-order valence-electron chi connectivity index (χ1n) is 9.11. The molecule has 0 amide bonds. The number of nitrogens with zero attached hydrogens (tertiary/aromatic N) is 6. The fourth-order valence-electron chi connectivity index (χ4n) is 3.60. The molecule has 0 unspecified atom stereocenters. The van der Waals surface area contributed by atoms with Crippen molar-refractivity contribution in [3.8, 4) is 58.7 Å². The minimum Gasteiger partial charge on any atom is -0.192 e. The summed E-state index contributed by atoms with van der Waals surface area (Å²) >= 11 is 10.0. The van der Waals surface area contributed by atoms with Gasteiger partial charge in [-0.1, -0.05) is 27.5 Å². The molecular formula is C25H8BrClN6.